The van der Waals surface area contributed by atoms with Gasteiger partial charge in [-0.2, -0.15) is 5.10 Å². The lowest BCUT2D eigenvalue weighted by atomic mass is 10.1. The van der Waals surface area contributed by atoms with E-state index in [0.29, 0.717) is 22.9 Å². The standard InChI is InChI=1S/C28H26N8O2/c1-18-13-20(5-8-25(18)38-22-10-12-36-26(15-22)31-17-33-36)35-28-23-14-21(4-7-24(23)30-16-32-28)34-27(37)9-6-19-3-2-11-29-19/h4-10,12-17,19,29H,2-3,11H2,1H3,(H,34,37)(H,30,32,35)/b9-6+. The molecular weight excluding hydrogens is 480 g/mol. The van der Waals surface area contributed by atoms with Crippen molar-refractivity contribution in [2.75, 3.05) is 17.2 Å². The number of carbonyl (C=O) groups is 1. The normalized spacial score (nSPS) is 15.3. The smallest absolute Gasteiger partial charge is 0.248 e. The molecule has 38 heavy (non-hydrogen) atoms. The van der Waals surface area contributed by atoms with Crippen LogP contribution >= 0.6 is 0 Å². The Bertz CT molecular complexity index is 1660. The van der Waals surface area contributed by atoms with Crippen LogP contribution in [-0.4, -0.2) is 43.1 Å². The zero-order chi connectivity index (χ0) is 25.9. The summed E-state index contributed by atoms with van der Waals surface area (Å²) in [6, 6.07) is 15.4. The molecule has 0 radical (unpaired) electrons. The molecule has 6 rings (SSSR count). The maximum Gasteiger partial charge on any atom is 0.248 e. The molecule has 4 heterocycles. The molecule has 0 bridgehead atoms. The van der Waals surface area contributed by atoms with Crippen molar-refractivity contribution in [3.8, 4) is 11.5 Å². The van der Waals surface area contributed by atoms with E-state index in [-0.39, 0.29) is 11.9 Å². The highest BCUT2D eigenvalue weighted by Crippen LogP contribution is 2.30. The lowest BCUT2D eigenvalue weighted by molar-refractivity contribution is -0.111. The minimum Gasteiger partial charge on any atom is -0.457 e. The molecule has 0 saturated carbocycles. The number of ether oxygens (including phenoxy) is 1. The fourth-order valence-corrected chi connectivity index (χ4v) is 4.46. The van der Waals surface area contributed by atoms with Crippen molar-refractivity contribution in [2.45, 2.75) is 25.8 Å². The Morgan fingerprint density at radius 3 is 2.87 bits per heavy atom. The first-order valence-electron chi connectivity index (χ1n) is 12.4. The van der Waals surface area contributed by atoms with Gasteiger partial charge in [0, 0.05) is 41.1 Å². The summed E-state index contributed by atoms with van der Waals surface area (Å²) in [6.07, 6.45) is 10.5. The molecule has 1 aliphatic rings. The summed E-state index contributed by atoms with van der Waals surface area (Å²) in [5.41, 5.74) is 3.96. The molecular formula is C28H26N8O2. The van der Waals surface area contributed by atoms with Crippen LogP contribution in [0.1, 0.15) is 18.4 Å². The number of carbonyl (C=O) groups excluding carboxylic acids is 1. The molecule has 1 amide bonds. The van der Waals surface area contributed by atoms with Crippen molar-refractivity contribution in [3.05, 3.63) is 85.1 Å². The highest BCUT2D eigenvalue weighted by Gasteiger charge is 2.12. The van der Waals surface area contributed by atoms with Gasteiger partial charge < -0.3 is 20.7 Å². The number of amides is 1. The highest BCUT2D eigenvalue weighted by atomic mass is 16.5. The lowest BCUT2D eigenvalue weighted by Crippen LogP contribution is -2.19. The second-order valence-electron chi connectivity index (χ2n) is 9.14. The van der Waals surface area contributed by atoms with Gasteiger partial charge in [0.05, 0.1) is 5.52 Å². The number of aryl methyl sites for hydroxylation is 1. The summed E-state index contributed by atoms with van der Waals surface area (Å²) in [5.74, 6) is 1.89. The maximum atomic E-state index is 12.4. The summed E-state index contributed by atoms with van der Waals surface area (Å²) in [4.78, 5) is 25.5. The van der Waals surface area contributed by atoms with E-state index in [1.54, 1.807) is 10.6 Å². The van der Waals surface area contributed by atoms with Crippen LogP contribution in [-0.2, 0) is 4.79 Å². The molecule has 1 unspecified atom stereocenters. The number of anilines is 3. The number of benzene rings is 2. The Hall–Kier alpha value is -4.83. The van der Waals surface area contributed by atoms with Gasteiger partial charge in [0.25, 0.3) is 0 Å². The second-order valence-corrected chi connectivity index (χ2v) is 9.14. The average molecular weight is 507 g/mol. The Balaban J connectivity index is 1.18. The lowest BCUT2D eigenvalue weighted by Gasteiger charge is -2.13. The molecule has 190 valence electrons. The molecule has 3 aromatic heterocycles. The van der Waals surface area contributed by atoms with Crippen molar-refractivity contribution in [1.82, 2.24) is 29.9 Å². The predicted octanol–water partition coefficient (Wildman–Crippen LogP) is 4.76. The number of nitrogens with zero attached hydrogens (tertiary/aromatic N) is 5. The first-order chi connectivity index (χ1) is 18.6. The molecule has 1 atom stereocenters. The monoisotopic (exact) mass is 506 g/mol. The summed E-state index contributed by atoms with van der Waals surface area (Å²) < 4.78 is 7.76. The Kier molecular flexibility index (Phi) is 6.37. The third-order valence-corrected chi connectivity index (χ3v) is 6.40. The van der Waals surface area contributed by atoms with Gasteiger partial charge in [0.2, 0.25) is 5.91 Å². The van der Waals surface area contributed by atoms with E-state index < -0.39 is 0 Å². The summed E-state index contributed by atoms with van der Waals surface area (Å²) in [7, 11) is 0. The van der Waals surface area contributed by atoms with Crippen LogP contribution in [0.5, 0.6) is 11.5 Å². The molecule has 3 N–H and O–H groups in total. The van der Waals surface area contributed by atoms with E-state index in [1.807, 2.05) is 67.7 Å². The van der Waals surface area contributed by atoms with Gasteiger partial charge in [0.15, 0.2) is 5.65 Å². The Morgan fingerprint density at radius 1 is 1.08 bits per heavy atom. The van der Waals surface area contributed by atoms with Gasteiger partial charge in [-0.15, -0.1) is 0 Å². The van der Waals surface area contributed by atoms with Gasteiger partial charge in [-0.25, -0.2) is 19.5 Å². The average Bonchev–Trinajstić information content (AvgIpc) is 3.61. The van der Waals surface area contributed by atoms with Crippen LogP contribution in [0.15, 0.2) is 79.5 Å². The molecule has 0 aliphatic carbocycles. The third kappa shape index (κ3) is 5.16. The second kappa shape index (κ2) is 10.3. The molecule has 1 aliphatic heterocycles. The number of fused-ring (bicyclic) bond motifs is 2. The van der Waals surface area contributed by atoms with E-state index in [0.717, 1.165) is 47.3 Å². The summed E-state index contributed by atoms with van der Waals surface area (Å²) >= 11 is 0. The van der Waals surface area contributed by atoms with Crippen LogP contribution in [0.25, 0.3) is 16.6 Å². The Morgan fingerprint density at radius 2 is 2.00 bits per heavy atom. The predicted molar refractivity (Wildman–Crippen MR) is 146 cm³/mol. The van der Waals surface area contributed by atoms with Gasteiger partial charge in [-0.05, 0) is 74.3 Å². The molecule has 0 spiro atoms. The van der Waals surface area contributed by atoms with E-state index in [1.165, 1.54) is 12.7 Å². The first kappa shape index (κ1) is 23.6. The molecule has 1 fully saturated rings. The first-order valence-corrected chi connectivity index (χ1v) is 12.4. The van der Waals surface area contributed by atoms with Gasteiger partial charge in [0.1, 0.15) is 30.0 Å². The SMILES string of the molecule is Cc1cc(Nc2ncnc3ccc(NC(=O)/C=C/C4CCCN4)cc23)ccc1Oc1ccn2ncnc2c1. The van der Waals surface area contributed by atoms with Crippen molar-refractivity contribution in [2.24, 2.45) is 0 Å². The minimum atomic E-state index is -0.168. The molecule has 5 aromatic rings. The largest absolute Gasteiger partial charge is 0.457 e. The van der Waals surface area contributed by atoms with E-state index in [2.05, 4.69) is 36.0 Å². The van der Waals surface area contributed by atoms with Crippen molar-refractivity contribution in [3.63, 3.8) is 0 Å². The molecule has 2 aromatic carbocycles. The fourth-order valence-electron chi connectivity index (χ4n) is 4.46. The van der Waals surface area contributed by atoms with Crippen LogP contribution in [0.4, 0.5) is 17.2 Å². The maximum absolute atomic E-state index is 12.4. The van der Waals surface area contributed by atoms with Gasteiger partial charge >= 0.3 is 0 Å². The van der Waals surface area contributed by atoms with Crippen molar-refractivity contribution >= 4 is 39.6 Å². The van der Waals surface area contributed by atoms with Crippen LogP contribution < -0.4 is 20.7 Å². The highest BCUT2D eigenvalue weighted by molar-refractivity contribution is 6.02. The zero-order valence-corrected chi connectivity index (χ0v) is 20.8. The number of pyridine rings is 1. The van der Waals surface area contributed by atoms with Gasteiger partial charge in [-0.3, -0.25) is 4.79 Å². The van der Waals surface area contributed by atoms with Gasteiger partial charge in [-0.1, -0.05) is 6.08 Å². The number of rotatable bonds is 7. The number of hydrogen-bond donors (Lipinski definition) is 3. The van der Waals surface area contributed by atoms with E-state index in [4.69, 9.17) is 4.74 Å². The summed E-state index contributed by atoms with van der Waals surface area (Å²) in [5, 5.41) is 14.6. The summed E-state index contributed by atoms with van der Waals surface area (Å²) in [6.45, 7) is 2.98. The molecule has 10 heteroatoms. The number of hydrogen-bond acceptors (Lipinski definition) is 8. The number of nitrogens with one attached hydrogen (secondary N) is 3. The zero-order valence-electron chi connectivity index (χ0n) is 20.8. The minimum absolute atomic E-state index is 0.168. The Labute approximate surface area is 218 Å². The third-order valence-electron chi connectivity index (χ3n) is 6.40. The molecule has 1 saturated heterocycles. The molecule has 10 nitrogen and oxygen atoms in total. The number of aromatic nitrogens is 5. The van der Waals surface area contributed by atoms with Crippen molar-refractivity contribution in [1.29, 1.82) is 0 Å². The fraction of sp³-hybridized carbons (Fsp3) is 0.179. The van der Waals surface area contributed by atoms with E-state index >= 15 is 0 Å². The van der Waals surface area contributed by atoms with Crippen molar-refractivity contribution < 1.29 is 9.53 Å². The van der Waals surface area contributed by atoms with Crippen LogP contribution in [0, 0.1) is 6.92 Å². The quantitative estimate of drug-likeness (QED) is 0.270. The van der Waals surface area contributed by atoms with Crippen LogP contribution in [0.2, 0.25) is 0 Å². The van der Waals surface area contributed by atoms with Crippen LogP contribution in [0.3, 0.4) is 0 Å². The van der Waals surface area contributed by atoms with E-state index in [9.17, 15) is 4.79 Å². The topological polar surface area (TPSA) is 118 Å².